The van der Waals surface area contributed by atoms with E-state index in [0.29, 0.717) is 27.8 Å². The standard InChI is InChI=1S/C23H29Cl2N3O4S/c1-5-17-7-10-19(11-8-17)28(33(4,31)32)15-22(29)27(16(3)23(30)26-6-2)14-18-9-12-20(24)21(25)13-18/h7-13,16H,5-6,14-15H2,1-4H3,(H,26,30)/t16-/m1/s1. The first kappa shape index (κ1) is 27.0. The molecule has 0 aliphatic rings. The Morgan fingerprint density at radius 1 is 1.00 bits per heavy atom. The molecule has 0 fully saturated rings. The number of nitrogens with one attached hydrogen (secondary N) is 1. The average Bonchev–Trinajstić information content (AvgIpc) is 2.77. The lowest BCUT2D eigenvalue weighted by Gasteiger charge is -2.31. The third-order valence-electron chi connectivity index (χ3n) is 5.17. The van der Waals surface area contributed by atoms with Crippen LogP contribution in [0.3, 0.4) is 0 Å². The molecule has 180 valence electrons. The molecule has 33 heavy (non-hydrogen) atoms. The Hall–Kier alpha value is -2.29. The van der Waals surface area contributed by atoms with Gasteiger partial charge in [-0.15, -0.1) is 0 Å². The van der Waals surface area contributed by atoms with Gasteiger partial charge in [-0.05, 0) is 55.7 Å². The van der Waals surface area contributed by atoms with Crippen LogP contribution in [0.1, 0.15) is 31.9 Å². The number of carbonyl (C=O) groups excluding carboxylic acids is 2. The predicted octanol–water partition coefficient (Wildman–Crippen LogP) is 3.88. The molecule has 2 amide bonds. The number of benzene rings is 2. The second kappa shape index (κ2) is 11.7. The zero-order chi connectivity index (χ0) is 24.8. The number of likely N-dealkylation sites (N-methyl/N-ethyl adjacent to an activating group) is 1. The quantitative estimate of drug-likeness (QED) is 0.522. The number of hydrogen-bond donors (Lipinski definition) is 1. The van der Waals surface area contributed by atoms with E-state index in [2.05, 4.69) is 5.32 Å². The lowest BCUT2D eigenvalue weighted by molar-refractivity contribution is -0.139. The van der Waals surface area contributed by atoms with Crippen LogP contribution >= 0.6 is 23.2 Å². The normalized spacial score (nSPS) is 12.2. The largest absolute Gasteiger partial charge is 0.355 e. The lowest BCUT2D eigenvalue weighted by atomic mass is 10.1. The molecule has 0 saturated carbocycles. The Morgan fingerprint density at radius 2 is 1.61 bits per heavy atom. The van der Waals surface area contributed by atoms with E-state index in [1.807, 2.05) is 19.1 Å². The van der Waals surface area contributed by atoms with Gasteiger partial charge in [0.15, 0.2) is 0 Å². The molecule has 2 aromatic carbocycles. The van der Waals surface area contributed by atoms with Gasteiger partial charge in [0.2, 0.25) is 21.8 Å². The fourth-order valence-corrected chi connectivity index (χ4v) is 4.42. The number of nitrogens with zero attached hydrogens (tertiary/aromatic N) is 2. The van der Waals surface area contributed by atoms with Crippen LogP contribution in [-0.4, -0.2) is 50.5 Å². The van der Waals surface area contributed by atoms with Gasteiger partial charge in [-0.1, -0.05) is 48.3 Å². The predicted molar refractivity (Wildman–Crippen MR) is 133 cm³/mol. The highest BCUT2D eigenvalue weighted by atomic mass is 35.5. The van der Waals surface area contributed by atoms with Crippen molar-refractivity contribution in [3.63, 3.8) is 0 Å². The number of sulfonamides is 1. The second-order valence-electron chi connectivity index (χ2n) is 7.63. The minimum atomic E-state index is -3.76. The molecule has 0 aromatic heterocycles. The van der Waals surface area contributed by atoms with Crippen molar-refractivity contribution in [2.24, 2.45) is 0 Å². The van der Waals surface area contributed by atoms with Gasteiger partial charge in [0.1, 0.15) is 12.6 Å². The molecule has 0 bridgehead atoms. The average molecular weight is 514 g/mol. The molecule has 0 aliphatic carbocycles. The summed E-state index contributed by atoms with van der Waals surface area (Å²) >= 11 is 12.1. The van der Waals surface area contributed by atoms with Gasteiger partial charge in [-0.2, -0.15) is 0 Å². The van der Waals surface area contributed by atoms with E-state index in [9.17, 15) is 18.0 Å². The highest BCUT2D eigenvalue weighted by molar-refractivity contribution is 7.92. The monoisotopic (exact) mass is 513 g/mol. The summed E-state index contributed by atoms with van der Waals surface area (Å²) in [6, 6.07) is 11.1. The molecule has 0 aliphatic heterocycles. The minimum Gasteiger partial charge on any atom is -0.355 e. The molecular formula is C23H29Cl2N3O4S. The Morgan fingerprint density at radius 3 is 2.12 bits per heavy atom. The zero-order valence-corrected chi connectivity index (χ0v) is 21.5. The summed E-state index contributed by atoms with van der Waals surface area (Å²) in [5.41, 5.74) is 2.08. The van der Waals surface area contributed by atoms with Crippen LogP contribution in [0.25, 0.3) is 0 Å². The smallest absolute Gasteiger partial charge is 0.244 e. The molecular weight excluding hydrogens is 485 g/mol. The number of anilines is 1. The molecule has 7 nitrogen and oxygen atoms in total. The number of aryl methyl sites for hydroxylation is 1. The highest BCUT2D eigenvalue weighted by Crippen LogP contribution is 2.24. The molecule has 0 saturated heterocycles. The van der Waals surface area contributed by atoms with Crippen LogP contribution in [0.2, 0.25) is 10.0 Å². The molecule has 1 atom stereocenters. The van der Waals surface area contributed by atoms with E-state index in [1.54, 1.807) is 44.2 Å². The second-order valence-corrected chi connectivity index (χ2v) is 10.4. The number of hydrogen-bond acceptors (Lipinski definition) is 4. The van der Waals surface area contributed by atoms with Crippen molar-refractivity contribution in [3.05, 3.63) is 63.6 Å². The highest BCUT2D eigenvalue weighted by Gasteiger charge is 2.30. The van der Waals surface area contributed by atoms with E-state index in [0.717, 1.165) is 22.5 Å². The molecule has 2 rings (SSSR count). The van der Waals surface area contributed by atoms with Crippen LogP contribution in [0.15, 0.2) is 42.5 Å². The maximum atomic E-state index is 13.4. The minimum absolute atomic E-state index is 0.0560. The fraction of sp³-hybridized carbons (Fsp3) is 0.391. The van der Waals surface area contributed by atoms with Crippen LogP contribution < -0.4 is 9.62 Å². The van der Waals surface area contributed by atoms with Crippen molar-refractivity contribution in [2.45, 2.75) is 39.8 Å². The van der Waals surface area contributed by atoms with Crippen LogP contribution in [0, 0.1) is 0 Å². The summed E-state index contributed by atoms with van der Waals surface area (Å²) in [5, 5.41) is 3.39. The number of amides is 2. The van der Waals surface area contributed by atoms with Crippen molar-refractivity contribution < 1.29 is 18.0 Å². The molecule has 1 N–H and O–H groups in total. The number of halogens is 2. The maximum absolute atomic E-state index is 13.4. The first-order chi connectivity index (χ1) is 15.5. The molecule has 0 unspecified atom stereocenters. The molecule has 0 heterocycles. The Balaban J connectivity index is 2.39. The Kier molecular flexibility index (Phi) is 9.57. The van der Waals surface area contributed by atoms with Crippen LogP contribution in [-0.2, 0) is 32.6 Å². The van der Waals surface area contributed by atoms with Gasteiger partial charge < -0.3 is 10.2 Å². The van der Waals surface area contributed by atoms with Crippen molar-refractivity contribution in [1.29, 1.82) is 0 Å². The van der Waals surface area contributed by atoms with Gasteiger partial charge in [0.25, 0.3) is 0 Å². The van der Waals surface area contributed by atoms with Crippen molar-refractivity contribution in [3.8, 4) is 0 Å². The third kappa shape index (κ3) is 7.35. The summed E-state index contributed by atoms with van der Waals surface area (Å²) in [5.74, 6) is -0.867. The molecule has 0 radical (unpaired) electrons. The van der Waals surface area contributed by atoms with Gasteiger partial charge in [0.05, 0.1) is 22.0 Å². The van der Waals surface area contributed by atoms with Crippen LogP contribution in [0.5, 0.6) is 0 Å². The summed E-state index contributed by atoms with van der Waals surface area (Å²) in [6.07, 6.45) is 1.85. The zero-order valence-electron chi connectivity index (χ0n) is 19.1. The van der Waals surface area contributed by atoms with Crippen LogP contribution in [0.4, 0.5) is 5.69 Å². The number of carbonyl (C=O) groups is 2. The maximum Gasteiger partial charge on any atom is 0.244 e. The summed E-state index contributed by atoms with van der Waals surface area (Å²) in [7, 11) is -3.76. The van der Waals surface area contributed by atoms with E-state index in [4.69, 9.17) is 23.2 Å². The molecule has 0 spiro atoms. The van der Waals surface area contributed by atoms with Gasteiger partial charge in [0, 0.05) is 13.1 Å². The topological polar surface area (TPSA) is 86.8 Å². The summed E-state index contributed by atoms with van der Waals surface area (Å²) in [4.78, 5) is 27.3. The van der Waals surface area contributed by atoms with Crippen molar-refractivity contribution >= 4 is 50.7 Å². The number of rotatable bonds is 10. The molecule has 10 heteroatoms. The van der Waals surface area contributed by atoms with E-state index < -0.39 is 28.5 Å². The summed E-state index contributed by atoms with van der Waals surface area (Å²) in [6.45, 7) is 5.38. The first-order valence-corrected chi connectivity index (χ1v) is 13.2. The van der Waals surface area contributed by atoms with Gasteiger partial charge in [-0.25, -0.2) is 8.42 Å². The van der Waals surface area contributed by atoms with E-state index in [-0.39, 0.29) is 12.5 Å². The van der Waals surface area contributed by atoms with Crippen molar-refractivity contribution in [1.82, 2.24) is 10.2 Å². The Bertz CT molecular complexity index is 1090. The fourth-order valence-electron chi connectivity index (χ4n) is 3.25. The third-order valence-corrected chi connectivity index (χ3v) is 7.05. The Labute approximate surface area is 205 Å². The van der Waals surface area contributed by atoms with E-state index in [1.165, 1.54) is 4.90 Å². The SMILES string of the molecule is CCNC(=O)[C@@H](C)N(Cc1ccc(Cl)c(Cl)c1)C(=O)CN(c1ccc(CC)cc1)S(C)(=O)=O. The van der Waals surface area contributed by atoms with Crippen molar-refractivity contribution in [2.75, 3.05) is 23.7 Å². The van der Waals surface area contributed by atoms with E-state index >= 15 is 0 Å². The summed E-state index contributed by atoms with van der Waals surface area (Å²) < 4.78 is 26.1. The van der Waals surface area contributed by atoms with Gasteiger partial charge >= 0.3 is 0 Å². The van der Waals surface area contributed by atoms with Gasteiger partial charge in [-0.3, -0.25) is 13.9 Å². The lowest BCUT2D eigenvalue weighted by Crippen LogP contribution is -2.51. The first-order valence-electron chi connectivity index (χ1n) is 10.6. The molecule has 2 aromatic rings.